The highest BCUT2D eigenvalue weighted by atomic mass is 19.4. The maximum absolute atomic E-state index is 12.3. The van der Waals surface area contributed by atoms with Gasteiger partial charge in [-0.3, -0.25) is 4.79 Å². The Labute approximate surface area is 175 Å². The number of alkyl halides is 3. The lowest BCUT2D eigenvalue weighted by molar-refractivity contribution is -0.173. The number of hydrogen-bond donors (Lipinski definition) is 3. The molecule has 0 aromatic carbocycles. The number of nitrogen functional groups attached to an aromatic ring is 1. The molecule has 1 aliphatic rings. The Balaban J connectivity index is 1.86. The molecule has 3 heterocycles. The minimum Gasteiger partial charge on any atom is -0.394 e. The molecule has 2 aromatic rings. The molecule has 2 aromatic heterocycles. The van der Waals surface area contributed by atoms with Gasteiger partial charge in [0.05, 0.1) is 36.8 Å². The van der Waals surface area contributed by atoms with E-state index in [-0.39, 0.29) is 18.5 Å². The number of ether oxygens (including phenoxy) is 2. The number of rotatable bonds is 6. The van der Waals surface area contributed by atoms with E-state index in [0.717, 1.165) is 0 Å². The number of anilines is 1. The predicted octanol–water partition coefficient (Wildman–Crippen LogP) is 0.895. The molecule has 0 aliphatic carbocycles. The Bertz CT molecular complexity index is 1030. The fourth-order valence-corrected chi connectivity index (χ4v) is 3.19. The van der Waals surface area contributed by atoms with E-state index in [9.17, 15) is 23.1 Å². The maximum Gasteiger partial charge on any atom is 0.471 e. The van der Waals surface area contributed by atoms with Gasteiger partial charge < -0.3 is 30.2 Å². The molecule has 0 unspecified atom stereocenters. The summed E-state index contributed by atoms with van der Waals surface area (Å²) in [5, 5.41) is 11.7. The molecule has 12 heteroatoms. The Kier molecular flexibility index (Phi) is 6.79. The van der Waals surface area contributed by atoms with Gasteiger partial charge >= 0.3 is 12.1 Å². The molecular weight excluding hydrogens is 419 g/mol. The second-order valence-electron chi connectivity index (χ2n) is 6.60. The van der Waals surface area contributed by atoms with Crippen LogP contribution in [0.15, 0.2) is 25.2 Å². The Morgan fingerprint density at radius 3 is 2.97 bits per heavy atom. The molecule has 0 saturated carbocycles. The maximum atomic E-state index is 12.3. The van der Waals surface area contributed by atoms with Crippen LogP contribution >= 0.6 is 0 Å². The van der Waals surface area contributed by atoms with Crippen LogP contribution < -0.4 is 11.1 Å². The van der Waals surface area contributed by atoms with Gasteiger partial charge in [0.25, 0.3) is 0 Å². The number of nitrogens with zero attached hydrogens (tertiary/aromatic N) is 3. The lowest BCUT2D eigenvalue weighted by atomic mass is 10.2. The number of carbonyl (C=O) groups excluding carboxylic acids is 1. The topological polar surface area (TPSA) is 125 Å². The molecule has 0 radical (unpaired) electrons. The van der Waals surface area contributed by atoms with E-state index < -0.39 is 31.0 Å². The number of aliphatic hydroxyl groups is 1. The Hall–Kier alpha value is -3.14. The molecule has 1 aliphatic heterocycles. The predicted molar refractivity (Wildman–Crippen MR) is 103 cm³/mol. The van der Waals surface area contributed by atoms with E-state index in [1.807, 2.05) is 0 Å². The normalized spacial score (nSPS) is 21.0. The summed E-state index contributed by atoms with van der Waals surface area (Å²) in [7, 11) is 0. The van der Waals surface area contributed by atoms with Gasteiger partial charge in [0.15, 0.2) is 0 Å². The summed E-state index contributed by atoms with van der Waals surface area (Å²) >= 11 is 0. The fraction of sp³-hybridized carbons (Fsp3) is 0.421. The zero-order valence-corrected chi connectivity index (χ0v) is 16.2. The highest BCUT2D eigenvalue weighted by Crippen LogP contribution is 2.35. The number of hydrogen-bond acceptors (Lipinski definition) is 7. The van der Waals surface area contributed by atoms with Gasteiger partial charge in [-0.25, -0.2) is 9.97 Å². The monoisotopic (exact) mass is 439 g/mol. The largest absolute Gasteiger partial charge is 0.471 e. The van der Waals surface area contributed by atoms with Crippen molar-refractivity contribution < 1.29 is 32.5 Å². The molecule has 1 amide bonds. The van der Waals surface area contributed by atoms with E-state index in [4.69, 9.17) is 15.2 Å². The molecule has 0 bridgehead atoms. The number of fused-ring (bicyclic) bond motifs is 1. The molecule has 4 N–H and O–H groups in total. The minimum atomic E-state index is -4.98. The number of carbonyl (C=O) groups is 1. The van der Waals surface area contributed by atoms with Crippen molar-refractivity contribution in [2.24, 2.45) is 0 Å². The van der Waals surface area contributed by atoms with Crippen LogP contribution in [0.25, 0.3) is 11.0 Å². The first-order chi connectivity index (χ1) is 14.8. The number of halogens is 3. The van der Waals surface area contributed by atoms with Crippen molar-refractivity contribution in [2.45, 2.75) is 31.0 Å². The smallest absolute Gasteiger partial charge is 0.394 e. The first-order valence-electron chi connectivity index (χ1n) is 9.20. The van der Waals surface area contributed by atoms with Crippen molar-refractivity contribution in [2.75, 3.05) is 25.5 Å². The number of amides is 1. The second kappa shape index (κ2) is 9.34. The number of aromatic nitrogens is 3. The zero-order valence-electron chi connectivity index (χ0n) is 16.2. The Morgan fingerprint density at radius 1 is 1.52 bits per heavy atom. The van der Waals surface area contributed by atoms with E-state index >= 15 is 0 Å². The quantitative estimate of drug-likeness (QED) is 0.451. The SMILES string of the molecule is C=CCO[C@H]1C[C@H](n2cc(C#CCNC(=O)C(F)(F)F)c3c(N)ncnc32)O[C@@H]1CO. The molecule has 1 saturated heterocycles. The van der Waals surface area contributed by atoms with Gasteiger partial charge in [-0.15, -0.1) is 6.58 Å². The van der Waals surface area contributed by atoms with Gasteiger partial charge in [-0.1, -0.05) is 17.9 Å². The van der Waals surface area contributed by atoms with Gasteiger partial charge in [0, 0.05) is 12.6 Å². The van der Waals surface area contributed by atoms with Gasteiger partial charge in [0.1, 0.15) is 30.1 Å². The molecule has 166 valence electrons. The van der Waals surface area contributed by atoms with E-state index in [0.29, 0.717) is 29.6 Å². The van der Waals surface area contributed by atoms with Crippen molar-refractivity contribution >= 4 is 22.8 Å². The third-order valence-corrected chi connectivity index (χ3v) is 4.56. The molecule has 3 atom stereocenters. The van der Waals surface area contributed by atoms with Gasteiger partial charge in [-0.2, -0.15) is 13.2 Å². The molecule has 3 rings (SSSR count). The fourth-order valence-electron chi connectivity index (χ4n) is 3.19. The summed E-state index contributed by atoms with van der Waals surface area (Å²) in [5.41, 5.74) is 6.72. The van der Waals surface area contributed by atoms with Crippen LogP contribution in [0.3, 0.4) is 0 Å². The van der Waals surface area contributed by atoms with Crippen LogP contribution in [-0.4, -0.2) is 63.7 Å². The van der Waals surface area contributed by atoms with Crippen molar-refractivity contribution in [1.82, 2.24) is 19.9 Å². The van der Waals surface area contributed by atoms with Crippen molar-refractivity contribution in [3.8, 4) is 11.8 Å². The van der Waals surface area contributed by atoms with Crippen LogP contribution in [0.2, 0.25) is 0 Å². The van der Waals surface area contributed by atoms with Crippen molar-refractivity contribution in [3.63, 3.8) is 0 Å². The molecule has 0 spiro atoms. The van der Waals surface area contributed by atoms with Crippen molar-refractivity contribution in [3.05, 3.63) is 30.7 Å². The van der Waals surface area contributed by atoms with Crippen LogP contribution in [0, 0.1) is 11.8 Å². The average molecular weight is 439 g/mol. The lowest BCUT2D eigenvalue weighted by Crippen LogP contribution is -2.36. The Morgan fingerprint density at radius 2 is 2.29 bits per heavy atom. The zero-order chi connectivity index (χ0) is 22.6. The number of aliphatic hydroxyl groups excluding tert-OH is 1. The van der Waals surface area contributed by atoms with Crippen LogP contribution in [0.1, 0.15) is 18.2 Å². The summed E-state index contributed by atoms with van der Waals surface area (Å²) in [6.45, 7) is 3.13. The van der Waals surface area contributed by atoms with E-state index in [1.165, 1.54) is 6.33 Å². The highest BCUT2D eigenvalue weighted by Gasteiger charge is 2.38. The highest BCUT2D eigenvalue weighted by molar-refractivity contribution is 5.92. The van der Waals surface area contributed by atoms with Crippen molar-refractivity contribution in [1.29, 1.82) is 0 Å². The molecule has 31 heavy (non-hydrogen) atoms. The number of nitrogens with one attached hydrogen (secondary N) is 1. The van der Waals surface area contributed by atoms with E-state index in [1.54, 1.807) is 22.2 Å². The summed E-state index contributed by atoms with van der Waals surface area (Å²) in [6.07, 6.45) is -1.63. The number of nitrogens with two attached hydrogens (primary N) is 1. The average Bonchev–Trinajstić information content (AvgIpc) is 3.30. The first-order valence-corrected chi connectivity index (χ1v) is 9.20. The van der Waals surface area contributed by atoms with Crippen LogP contribution in [-0.2, 0) is 14.3 Å². The van der Waals surface area contributed by atoms with Crippen LogP contribution in [0.4, 0.5) is 19.0 Å². The minimum absolute atomic E-state index is 0.128. The molecular formula is C19H20F3N5O4. The molecule has 9 nitrogen and oxygen atoms in total. The van der Waals surface area contributed by atoms with Gasteiger partial charge in [0.2, 0.25) is 0 Å². The summed E-state index contributed by atoms with van der Waals surface area (Å²) in [5.74, 6) is 3.20. The third kappa shape index (κ3) is 4.96. The summed E-state index contributed by atoms with van der Waals surface area (Å²) < 4.78 is 50.0. The third-order valence-electron chi connectivity index (χ3n) is 4.56. The van der Waals surface area contributed by atoms with E-state index in [2.05, 4.69) is 28.4 Å². The van der Waals surface area contributed by atoms with Gasteiger partial charge in [-0.05, 0) is 0 Å². The first kappa shape index (κ1) is 22.5. The molecule has 1 fully saturated rings. The van der Waals surface area contributed by atoms with Crippen LogP contribution in [0.5, 0.6) is 0 Å². The lowest BCUT2D eigenvalue weighted by Gasteiger charge is -2.15. The standard InChI is InChI=1S/C19H20F3N5O4/c1-2-6-30-12-7-14(31-13(12)9-28)27-8-11(15-16(23)25-10-26-17(15)27)4-3-5-24-18(29)19(20,21)22/h2,8,10,12-14,28H,1,5-7,9H2,(H,24,29)(H2,23,25,26)/t12-,13+,14+/m0/s1. The summed E-state index contributed by atoms with van der Waals surface area (Å²) in [4.78, 5) is 19.0. The summed E-state index contributed by atoms with van der Waals surface area (Å²) in [6, 6.07) is 0. The second-order valence-corrected chi connectivity index (χ2v) is 6.60.